The van der Waals surface area contributed by atoms with Crippen LogP contribution in [0.5, 0.6) is 0 Å². The van der Waals surface area contributed by atoms with Gasteiger partial charge in [-0.2, -0.15) is 13.2 Å². The topological polar surface area (TPSA) is 9.23 Å². The molecule has 0 aromatic heterocycles. The molecule has 2 fully saturated rings. The van der Waals surface area contributed by atoms with Crippen LogP contribution < -0.4 is 0 Å². The summed E-state index contributed by atoms with van der Waals surface area (Å²) >= 11 is 0. The van der Waals surface area contributed by atoms with Gasteiger partial charge in [-0.3, -0.25) is 0 Å². The van der Waals surface area contributed by atoms with E-state index in [1.165, 1.54) is 37.7 Å². The van der Waals surface area contributed by atoms with Crippen molar-refractivity contribution in [1.29, 1.82) is 0 Å². The molecule has 3 rings (SSSR count). The Labute approximate surface area is 189 Å². The first-order valence-electron chi connectivity index (χ1n) is 11.9. The lowest BCUT2D eigenvalue weighted by Gasteiger charge is -2.32. The lowest BCUT2D eigenvalue weighted by Crippen LogP contribution is -2.33. The van der Waals surface area contributed by atoms with Crippen molar-refractivity contribution in [2.24, 2.45) is 17.8 Å². The molecule has 2 aliphatic rings. The zero-order chi connectivity index (χ0) is 23.1. The lowest BCUT2D eigenvalue weighted by molar-refractivity contribution is -0.279. The predicted octanol–water partition coefficient (Wildman–Crippen LogP) is 7.96. The Morgan fingerprint density at radius 3 is 2.19 bits per heavy atom. The number of rotatable bonds is 6. The van der Waals surface area contributed by atoms with Crippen molar-refractivity contribution in [3.63, 3.8) is 0 Å². The van der Waals surface area contributed by atoms with Crippen LogP contribution in [-0.2, 0) is 4.74 Å². The summed E-state index contributed by atoms with van der Waals surface area (Å²) in [6.07, 6.45) is 1.50. The van der Waals surface area contributed by atoms with E-state index < -0.39 is 18.6 Å². The van der Waals surface area contributed by atoms with E-state index in [4.69, 9.17) is 0 Å². The maximum Gasteiger partial charge on any atom is 0.445 e. The summed E-state index contributed by atoms with van der Waals surface area (Å²) in [5.74, 6) is 8.58. The molecule has 2 unspecified atom stereocenters. The maximum absolute atomic E-state index is 13.0. The molecule has 0 bridgehead atoms. The number of alkyl halides is 4. The maximum atomic E-state index is 13.0. The first-order valence-corrected chi connectivity index (χ1v) is 11.9. The van der Waals surface area contributed by atoms with Gasteiger partial charge in [0.15, 0.2) is 0 Å². The molecule has 0 spiro atoms. The number of halogens is 4. The van der Waals surface area contributed by atoms with Crippen molar-refractivity contribution in [1.82, 2.24) is 0 Å². The summed E-state index contributed by atoms with van der Waals surface area (Å²) < 4.78 is 54.4. The summed E-state index contributed by atoms with van der Waals surface area (Å²) in [6.45, 7) is 6.23. The minimum atomic E-state index is -4.95. The highest BCUT2D eigenvalue weighted by Crippen LogP contribution is 2.40. The molecule has 1 aromatic carbocycles. The Morgan fingerprint density at radius 1 is 1.03 bits per heavy atom. The van der Waals surface area contributed by atoms with E-state index in [1.54, 1.807) is 0 Å². The van der Waals surface area contributed by atoms with Crippen LogP contribution in [-0.4, -0.2) is 18.6 Å². The molecule has 0 N–H and O–H groups in total. The molecular weight excluding hydrogens is 416 g/mol. The first-order chi connectivity index (χ1) is 15.3. The van der Waals surface area contributed by atoms with Crippen LogP contribution in [0.4, 0.5) is 17.6 Å². The SMILES string of the molecule is C=CC(CC)[C@H]1CC[C@H](c2ccc(C#C[C@H]3CC[C@H](OC(F)C(F)(F)F)CC3)cc2)CC1. The number of ether oxygens (including phenoxy) is 1. The second-order valence-electron chi connectivity index (χ2n) is 9.28. The van der Waals surface area contributed by atoms with Gasteiger partial charge < -0.3 is 4.74 Å². The molecule has 1 nitrogen and oxygen atoms in total. The third-order valence-corrected chi connectivity index (χ3v) is 7.20. The zero-order valence-electron chi connectivity index (χ0n) is 18.8. The molecule has 1 aromatic rings. The largest absolute Gasteiger partial charge is 0.445 e. The minimum Gasteiger partial charge on any atom is -0.338 e. The molecule has 2 saturated carbocycles. The Balaban J connectivity index is 1.46. The highest BCUT2D eigenvalue weighted by molar-refractivity contribution is 5.37. The van der Waals surface area contributed by atoms with Crippen molar-refractivity contribution in [3.05, 3.63) is 48.0 Å². The fourth-order valence-corrected chi connectivity index (χ4v) is 5.19. The fraction of sp³-hybridized carbons (Fsp3) is 0.630. The molecule has 0 radical (unpaired) electrons. The zero-order valence-corrected chi connectivity index (χ0v) is 18.8. The Bertz CT molecular complexity index is 773. The van der Waals surface area contributed by atoms with E-state index in [0.717, 1.165) is 11.5 Å². The molecule has 176 valence electrons. The van der Waals surface area contributed by atoms with E-state index >= 15 is 0 Å². The predicted molar refractivity (Wildman–Crippen MR) is 120 cm³/mol. The standard InChI is InChI=1S/C27H34F4O/c1-3-21(4-2)22-13-15-24(16-14-22)23-11-7-19(8-12-23)5-6-20-9-17-25(18-10-20)32-26(28)27(29,30)31/h3,7-8,11-12,20-22,24-26H,1,4,9-10,13-18H2,2H3/t20-,21?,22-,24-,25-,26?. The normalized spacial score (nSPS) is 28.3. The molecular formula is C27H34F4O. The van der Waals surface area contributed by atoms with Crippen LogP contribution >= 0.6 is 0 Å². The van der Waals surface area contributed by atoms with E-state index in [2.05, 4.69) is 60.4 Å². The van der Waals surface area contributed by atoms with Crippen molar-refractivity contribution in [2.75, 3.05) is 0 Å². The summed E-state index contributed by atoms with van der Waals surface area (Å²) in [4.78, 5) is 0. The van der Waals surface area contributed by atoms with Gasteiger partial charge in [0.2, 0.25) is 0 Å². The van der Waals surface area contributed by atoms with Crippen LogP contribution in [0.25, 0.3) is 0 Å². The summed E-state index contributed by atoms with van der Waals surface area (Å²) in [6, 6.07) is 8.50. The van der Waals surface area contributed by atoms with Gasteiger partial charge in [0.25, 0.3) is 6.36 Å². The molecule has 2 aliphatic carbocycles. The van der Waals surface area contributed by atoms with E-state index in [1.807, 2.05) is 0 Å². The van der Waals surface area contributed by atoms with Crippen LogP contribution in [0.1, 0.15) is 81.8 Å². The van der Waals surface area contributed by atoms with Crippen molar-refractivity contribution < 1.29 is 22.3 Å². The van der Waals surface area contributed by atoms with E-state index in [0.29, 0.717) is 37.5 Å². The Hall–Kier alpha value is -1.80. The number of hydrogen-bond acceptors (Lipinski definition) is 1. The second kappa shape index (κ2) is 11.4. The molecule has 32 heavy (non-hydrogen) atoms. The minimum absolute atomic E-state index is 0.116. The smallest absolute Gasteiger partial charge is 0.338 e. The van der Waals surface area contributed by atoms with Crippen molar-refractivity contribution in [3.8, 4) is 11.8 Å². The number of benzene rings is 1. The van der Waals surface area contributed by atoms with Gasteiger partial charge in [-0.05, 0) is 93.2 Å². The lowest BCUT2D eigenvalue weighted by atomic mass is 9.73. The third kappa shape index (κ3) is 6.85. The molecule has 0 aliphatic heterocycles. The third-order valence-electron chi connectivity index (χ3n) is 7.20. The summed E-state index contributed by atoms with van der Waals surface area (Å²) in [5.41, 5.74) is 2.34. The van der Waals surface area contributed by atoms with Crippen LogP contribution in [0.15, 0.2) is 36.9 Å². The van der Waals surface area contributed by atoms with Gasteiger partial charge >= 0.3 is 6.18 Å². The van der Waals surface area contributed by atoms with Crippen molar-refractivity contribution >= 4 is 0 Å². The van der Waals surface area contributed by atoms with Gasteiger partial charge in [-0.25, -0.2) is 4.39 Å². The van der Waals surface area contributed by atoms with E-state index in [-0.39, 0.29) is 5.92 Å². The van der Waals surface area contributed by atoms with Gasteiger partial charge in [-0.1, -0.05) is 37.0 Å². The molecule has 0 saturated heterocycles. The van der Waals surface area contributed by atoms with E-state index in [9.17, 15) is 17.6 Å². The van der Waals surface area contributed by atoms with Gasteiger partial charge in [-0.15, -0.1) is 6.58 Å². The quantitative estimate of drug-likeness (QED) is 0.243. The highest BCUT2D eigenvalue weighted by Gasteiger charge is 2.43. The molecule has 0 heterocycles. The van der Waals surface area contributed by atoms with Gasteiger partial charge in [0.1, 0.15) is 0 Å². The summed E-state index contributed by atoms with van der Waals surface area (Å²) in [7, 11) is 0. The van der Waals surface area contributed by atoms with Crippen LogP contribution in [0.3, 0.4) is 0 Å². The number of allylic oxidation sites excluding steroid dienone is 1. The molecule has 0 amide bonds. The van der Waals surface area contributed by atoms with Gasteiger partial charge in [0, 0.05) is 11.5 Å². The molecule has 5 heteroatoms. The highest BCUT2D eigenvalue weighted by atomic mass is 19.4. The number of hydrogen-bond donors (Lipinski definition) is 0. The average Bonchev–Trinajstić information content (AvgIpc) is 2.80. The van der Waals surface area contributed by atoms with Crippen molar-refractivity contribution in [2.45, 2.75) is 89.3 Å². The average molecular weight is 451 g/mol. The summed E-state index contributed by atoms with van der Waals surface area (Å²) in [5, 5.41) is 0. The molecule has 2 atom stereocenters. The van der Waals surface area contributed by atoms with Crippen LogP contribution in [0, 0.1) is 29.6 Å². The first kappa shape index (κ1) is 24.8. The monoisotopic (exact) mass is 450 g/mol. The Morgan fingerprint density at radius 2 is 1.66 bits per heavy atom. The Kier molecular flexibility index (Phi) is 8.82. The van der Waals surface area contributed by atoms with Gasteiger partial charge in [0.05, 0.1) is 6.10 Å². The fourth-order valence-electron chi connectivity index (χ4n) is 5.19. The van der Waals surface area contributed by atoms with Crippen LogP contribution in [0.2, 0.25) is 0 Å². The second-order valence-corrected chi connectivity index (χ2v) is 9.28.